The van der Waals surface area contributed by atoms with Crippen LogP contribution in [0.5, 0.6) is 0 Å². The van der Waals surface area contributed by atoms with Crippen LogP contribution in [0.15, 0.2) is 15.3 Å². The highest BCUT2D eigenvalue weighted by atomic mass is 16.7. The molecule has 3 heterocycles. The molecule has 0 radical (unpaired) electrons. The predicted molar refractivity (Wildman–Crippen MR) is 136 cm³/mol. The summed E-state index contributed by atoms with van der Waals surface area (Å²) in [6.45, 7) is 4.90. The lowest BCUT2D eigenvalue weighted by Gasteiger charge is -2.48. The maximum Gasteiger partial charge on any atom is 0.187 e. The molecule has 7 N–H and O–H groups in total. The van der Waals surface area contributed by atoms with Crippen molar-refractivity contribution in [3.63, 3.8) is 0 Å². The summed E-state index contributed by atoms with van der Waals surface area (Å²) in [6, 6.07) is -2.52. The van der Waals surface area contributed by atoms with Crippen molar-refractivity contribution in [3.05, 3.63) is 31.3 Å². The number of nitrogens with zero attached hydrogens (tertiary/aromatic N) is 9. The molecule has 3 rings (SSSR count). The third kappa shape index (κ3) is 7.32. The van der Waals surface area contributed by atoms with E-state index in [0.717, 1.165) is 0 Å². The Kier molecular flexibility index (Phi) is 12.3. The van der Waals surface area contributed by atoms with Gasteiger partial charge in [-0.1, -0.05) is 29.2 Å². The number of azide groups is 3. The predicted octanol–water partition coefficient (Wildman–Crippen LogP) is -1.24. The molecule has 0 amide bonds. The first-order chi connectivity index (χ1) is 20.0. The molecule has 3 fully saturated rings. The molecule has 16 atom stereocenters. The van der Waals surface area contributed by atoms with Crippen molar-refractivity contribution in [1.82, 2.24) is 5.32 Å². The van der Waals surface area contributed by atoms with Crippen molar-refractivity contribution in [2.24, 2.45) is 15.3 Å². The van der Waals surface area contributed by atoms with Crippen molar-refractivity contribution in [2.75, 3.05) is 6.54 Å². The number of rotatable bonds is 12. The molecule has 0 spiro atoms. The molecule has 9 unspecified atom stereocenters. The van der Waals surface area contributed by atoms with Crippen LogP contribution in [0.25, 0.3) is 31.3 Å². The first kappa shape index (κ1) is 33.9. The van der Waals surface area contributed by atoms with Crippen LogP contribution in [0.3, 0.4) is 0 Å². The van der Waals surface area contributed by atoms with Gasteiger partial charge in [0.2, 0.25) is 0 Å². The van der Waals surface area contributed by atoms with E-state index in [4.69, 9.17) is 34.7 Å². The fourth-order valence-electron chi connectivity index (χ4n) is 4.95. The van der Waals surface area contributed by atoms with Crippen LogP contribution in [0.1, 0.15) is 27.2 Å². The van der Waals surface area contributed by atoms with E-state index < -0.39 is 98.2 Å². The molecule has 0 aromatic heterocycles. The summed E-state index contributed by atoms with van der Waals surface area (Å²) in [4.78, 5) is 8.07. The summed E-state index contributed by atoms with van der Waals surface area (Å²) >= 11 is 0. The third-order valence-electron chi connectivity index (χ3n) is 7.11. The first-order valence-electron chi connectivity index (χ1n) is 13.2. The Morgan fingerprint density at radius 2 is 1.40 bits per heavy atom. The SMILES string of the molecule is CCCN[C@@H]1OC(N=[N+]=[N-])[C@@H](O[C@H]2OC([C@@H](C)O)[C@@H](O)C(O)C2N=[N+]=[N-])C(O[C@@H]2O[C@H](C(C)N=[N+]=[N-])C(O)C2O)C1O. The van der Waals surface area contributed by atoms with Crippen LogP contribution in [-0.4, -0.2) is 135 Å². The van der Waals surface area contributed by atoms with Crippen molar-refractivity contribution in [1.29, 1.82) is 0 Å². The number of aliphatic hydroxyl groups excluding tert-OH is 6. The van der Waals surface area contributed by atoms with Gasteiger partial charge in [-0.3, -0.25) is 5.32 Å². The highest BCUT2D eigenvalue weighted by Crippen LogP contribution is 2.35. The molecular formula is C21H36N10O11. The Balaban J connectivity index is 1.99. The molecule has 3 saturated heterocycles. The lowest BCUT2D eigenvalue weighted by molar-refractivity contribution is -0.342. The second kappa shape index (κ2) is 15.3. The van der Waals surface area contributed by atoms with E-state index in [0.29, 0.717) is 13.0 Å². The molecule has 21 nitrogen and oxygen atoms in total. The summed E-state index contributed by atoms with van der Waals surface area (Å²) in [6.07, 6.45) is -21.0. The highest BCUT2D eigenvalue weighted by molar-refractivity contribution is 5.00. The molecular weight excluding hydrogens is 568 g/mol. The van der Waals surface area contributed by atoms with Gasteiger partial charge in [0.15, 0.2) is 18.8 Å². The Bertz CT molecular complexity index is 1040. The van der Waals surface area contributed by atoms with Crippen LogP contribution in [0.2, 0.25) is 0 Å². The Morgan fingerprint density at radius 3 is 2.00 bits per heavy atom. The molecule has 0 aromatic rings. The van der Waals surface area contributed by atoms with Gasteiger partial charge in [0, 0.05) is 14.7 Å². The number of hydrogen-bond donors (Lipinski definition) is 7. The van der Waals surface area contributed by atoms with E-state index in [9.17, 15) is 36.2 Å². The molecule has 21 heteroatoms. The van der Waals surface area contributed by atoms with Gasteiger partial charge in [0.05, 0.1) is 24.4 Å². The minimum absolute atomic E-state index is 0.348. The summed E-state index contributed by atoms with van der Waals surface area (Å²) in [5.74, 6) is 0. The summed E-state index contributed by atoms with van der Waals surface area (Å²) in [5.41, 5.74) is 27.1. The molecule has 0 bridgehead atoms. The van der Waals surface area contributed by atoms with Crippen LogP contribution in [-0.2, 0) is 23.7 Å². The Morgan fingerprint density at radius 1 is 0.786 bits per heavy atom. The smallest absolute Gasteiger partial charge is 0.187 e. The average Bonchev–Trinajstić information content (AvgIpc) is 3.23. The van der Waals surface area contributed by atoms with Crippen molar-refractivity contribution < 1.29 is 54.3 Å². The lowest BCUT2D eigenvalue weighted by Crippen LogP contribution is -2.66. The van der Waals surface area contributed by atoms with Gasteiger partial charge >= 0.3 is 0 Å². The third-order valence-corrected chi connectivity index (χ3v) is 7.11. The molecule has 236 valence electrons. The van der Waals surface area contributed by atoms with Crippen molar-refractivity contribution in [2.45, 2.75) is 125 Å². The molecule has 42 heavy (non-hydrogen) atoms. The van der Waals surface area contributed by atoms with Gasteiger partial charge in [-0.15, -0.1) is 0 Å². The second-order valence-electron chi connectivity index (χ2n) is 10.1. The number of hydrogen-bond acceptors (Lipinski definition) is 15. The second-order valence-corrected chi connectivity index (χ2v) is 10.1. The molecule has 0 saturated carbocycles. The first-order valence-corrected chi connectivity index (χ1v) is 13.2. The molecule has 3 aliphatic heterocycles. The number of ether oxygens (including phenoxy) is 5. The standard InChI is InChI=1S/C21H36N10O11/c1-4-5-25-18-13(37)16(40-21-12(36)11(35)14(38-21)6(2)26-29-22)17(19(42-18)28-31-24)41-20-8(27-30-23)9(33)10(34)15(39-20)7(3)32/h6-21,25,32-37H,4-5H2,1-3H3/t6?,7-,8?,9?,10+,11?,12?,13?,14-,15?,16?,17+,18-,19?,20-,21+/m1/s1. The fraction of sp³-hybridized carbons (Fsp3) is 1.00. The minimum atomic E-state index is -1.77. The van der Waals surface area contributed by atoms with Crippen LogP contribution in [0, 0.1) is 0 Å². The van der Waals surface area contributed by atoms with Crippen LogP contribution in [0.4, 0.5) is 0 Å². The van der Waals surface area contributed by atoms with E-state index in [1.54, 1.807) is 0 Å². The Labute approximate surface area is 238 Å². The molecule has 0 aromatic carbocycles. The van der Waals surface area contributed by atoms with E-state index >= 15 is 0 Å². The topological polar surface area (TPSA) is 326 Å². The van der Waals surface area contributed by atoms with Crippen LogP contribution >= 0.6 is 0 Å². The number of nitrogens with one attached hydrogen (secondary N) is 1. The van der Waals surface area contributed by atoms with E-state index in [1.165, 1.54) is 13.8 Å². The van der Waals surface area contributed by atoms with E-state index in [1.807, 2.05) is 6.92 Å². The van der Waals surface area contributed by atoms with E-state index in [-0.39, 0.29) is 0 Å². The largest absolute Gasteiger partial charge is 0.391 e. The van der Waals surface area contributed by atoms with Gasteiger partial charge in [-0.25, -0.2) is 0 Å². The minimum Gasteiger partial charge on any atom is -0.391 e. The Hall–Kier alpha value is -2.55. The summed E-state index contributed by atoms with van der Waals surface area (Å²) < 4.78 is 28.8. The van der Waals surface area contributed by atoms with Crippen LogP contribution < -0.4 is 5.32 Å². The van der Waals surface area contributed by atoms with Gasteiger partial charge in [-0.05, 0) is 36.5 Å². The fourth-order valence-corrected chi connectivity index (χ4v) is 4.95. The zero-order valence-corrected chi connectivity index (χ0v) is 22.9. The maximum absolute atomic E-state index is 11.3. The van der Waals surface area contributed by atoms with Gasteiger partial charge in [0.25, 0.3) is 0 Å². The lowest BCUT2D eigenvalue weighted by atomic mass is 9.94. The highest BCUT2D eigenvalue weighted by Gasteiger charge is 2.55. The zero-order chi connectivity index (χ0) is 31.1. The van der Waals surface area contributed by atoms with Crippen molar-refractivity contribution >= 4 is 0 Å². The summed E-state index contributed by atoms with van der Waals surface area (Å²) in [7, 11) is 0. The zero-order valence-electron chi connectivity index (χ0n) is 22.9. The van der Waals surface area contributed by atoms with Gasteiger partial charge < -0.3 is 54.3 Å². The average molecular weight is 605 g/mol. The van der Waals surface area contributed by atoms with Gasteiger partial charge in [-0.2, -0.15) is 0 Å². The normalized spacial score (nSPS) is 43.4. The number of aliphatic hydroxyl groups is 6. The molecule has 3 aliphatic rings. The maximum atomic E-state index is 11.3. The van der Waals surface area contributed by atoms with E-state index in [2.05, 4.69) is 35.4 Å². The quantitative estimate of drug-likeness (QED) is 0.0781. The van der Waals surface area contributed by atoms with Gasteiger partial charge in [0.1, 0.15) is 55.0 Å². The monoisotopic (exact) mass is 604 g/mol. The summed E-state index contributed by atoms with van der Waals surface area (Å²) in [5, 5.41) is 77.0. The molecule has 0 aliphatic carbocycles. The van der Waals surface area contributed by atoms with Crippen molar-refractivity contribution in [3.8, 4) is 0 Å².